The fourth-order valence-corrected chi connectivity index (χ4v) is 4.13. The predicted molar refractivity (Wildman–Crippen MR) is 136 cm³/mol. The number of nitrogens with zero attached hydrogens (tertiary/aromatic N) is 2. The molecule has 0 amide bonds. The predicted octanol–water partition coefficient (Wildman–Crippen LogP) is 4.93. The average molecular weight is 435 g/mol. The molecule has 0 radical (unpaired) electrons. The van der Waals surface area contributed by atoms with Crippen LogP contribution in [0.1, 0.15) is 44.6 Å². The Balaban J connectivity index is 0.000000233. The third kappa shape index (κ3) is 8.99. The molecule has 1 aliphatic carbocycles. The van der Waals surface area contributed by atoms with Gasteiger partial charge in [-0.2, -0.15) is 0 Å². The topological polar surface area (TPSA) is 70.7 Å². The summed E-state index contributed by atoms with van der Waals surface area (Å²) in [6.07, 6.45) is 8.28. The van der Waals surface area contributed by atoms with Crippen molar-refractivity contribution in [1.29, 1.82) is 0 Å². The summed E-state index contributed by atoms with van der Waals surface area (Å²) in [6, 6.07) is 21.1. The summed E-state index contributed by atoms with van der Waals surface area (Å²) in [5.74, 6) is 2.84. The van der Waals surface area contributed by atoms with Crippen LogP contribution in [0.15, 0.2) is 71.4 Å². The smallest absolute Gasteiger partial charge is 0.148 e. The van der Waals surface area contributed by atoms with Crippen LogP contribution in [0.25, 0.3) is 0 Å². The van der Waals surface area contributed by atoms with Gasteiger partial charge in [0, 0.05) is 25.8 Å². The minimum absolute atomic E-state index is 0.234. The highest BCUT2D eigenvalue weighted by Crippen LogP contribution is 2.26. The van der Waals surface area contributed by atoms with Crippen LogP contribution >= 0.6 is 0 Å². The second-order valence-corrected chi connectivity index (χ2v) is 8.70. The Labute approximate surface area is 193 Å². The number of rotatable bonds is 8. The number of aryl methyl sites for hydroxylation is 1. The van der Waals surface area contributed by atoms with Crippen LogP contribution in [-0.4, -0.2) is 43.4 Å². The van der Waals surface area contributed by atoms with Crippen molar-refractivity contribution in [2.45, 2.75) is 57.5 Å². The van der Waals surface area contributed by atoms with Crippen LogP contribution in [0.5, 0.6) is 0 Å². The van der Waals surface area contributed by atoms with Gasteiger partial charge in [-0.3, -0.25) is 4.99 Å². The maximum Gasteiger partial charge on any atom is 0.148 e. The molecule has 0 bridgehead atoms. The lowest BCUT2D eigenvalue weighted by Crippen LogP contribution is -2.26. The van der Waals surface area contributed by atoms with Gasteiger partial charge in [0.1, 0.15) is 17.7 Å². The summed E-state index contributed by atoms with van der Waals surface area (Å²) in [6.45, 7) is 2.36. The van der Waals surface area contributed by atoms with E-state index >= 15 is 0 Å². The molecule has 1 aliphatic rings. The Bertz CT molecular complexity index is 844. The largest absolute Gasteiger partial charge is 0.390 e. The number of nitrogens with one attached hydrogen (secondary N) is 1. The quantitative estimate of drug-likeness (QED) is 0.351. The van der Waals surface area contributed by atoms with E-state index in [1.54, 1.807) is 4.90 Å². The summed E-state index contributed by atoms with van der Waals surface area (Å²) in [5.41, 5.74) is 8.35. The minimum Gasteiger partial charge on any atom is -0.390 e. The zero-order chi connectivity index (χ0) is 23.2. The van der Waals surface area contributed by atoms with Gasteiger partial charge in [0.2, 0.25) is 0 Å². The van der Waals surface area contributed by atoms with Crippen molar-refractivity contribution in [3.63, 3.8) is 0 Å². The first-order chi connectivity index (χ1) is 15.5. The van der Waals surface area contributed by atoms with E-state index in [1.165, 1.54) is 43.3 Å². The first-order valence-electron chi connectivity index (χ1n) is 11.5. The molecule has 2 aromatic rings. The van der Waals surface area contributed by atoms with Crippen molar-refractivity contribution in [1.82, 2.24) is 4.90 Å². The van der Waals surface area contributed by atoms with Gasteiger partial charge in [0.05, 0.1) is 6.34 Å². The molecular weight excluding hydrogens is 396 g/mol. The number of para-hydroxylation sites is 1. The highest BCUT2D eigenvalue weighted by atomic mass is 16.1. The van der Waals surface area contributed by atoms with Crippen molar-refractivity contribution in [2.24, 2.45) is 16.6 Å². The Hall–Kier alpha value is -3.04. The highest BCUT2D eigenvalue weighted by molar-refractivity contribution is 5.57. The standard InChI is InChI=1S/C14H19N3O.C13H19N/c1-17(2)14(10-18)13(16-11-15)9-8-12-6-4-3-5-7-12;1-11-6-5-9-13(10-11)14-12-7-3-2-4-8-12/h3-7,11,13H,8-9H2,1-2H3,(H2,15,16);2-4,7-8,11,13-14H,5-6,9-10H2,1H3. The fraction of sp³-hybridized carbons (Fsp3) is 0.444. The normalized spacial score (nSPS) is 18.7. The van der Waals surface area contributed by atoms with Crippen molar-refractivity contribution < 1.29 is 4.79 Å². The maximum absolute atomic E-state index is 11.0. The van der Waals surface area contributed by atoms with Crippen LogP contribution in [0.3, 0.4) is 0 Å². The van der Waals surface area contributed by atoms with Crippen molar-refractivity contribution in [3.05, 3.63) is 71.9 Å². The van der Waals surface area contributed by atoms with Crippen LogP contribution in [0, 0.1) is 5.92 Å². The van der Waals surface area contributed by atoms with Gasteiger partial charge < -0.3 is 16.0 Å². The summed E-state index contributed by atoms with van der Waals surface area (Å²) in [7, 11) is 3.61. The van der Waals surface area contributed by atoms with E-state index in [1.807, 2.05) is 38.2 Å². The molecule has 0 aromatic heterocycles. The lowest BCUT2D eigenvalue weighted by atomic mass is 9.87. The van der Waals surface area contributed by atoms with Crippen LogP contribution in [0.4, 0.5) is 5.69 Å². The molecule has 3 unspecified atom stereocenters. The van der Waals surface area contributed by atoms with E-state index in [0.717, 1.165) is 18.8 Å². The van der Waals surface area contributed by atoms with Gasteiger partial charge in [-0.25, -0.2) is 4.79 Å². The van der Waals surface area contributed by atoms with E-state index < -0.39 is 0 Å². The Kier molecular flexibility index (Phi) is 11.1. The lowest BCUT2D eigenvalue weighted by Gasteiger charge is -2.28. The summed E-state index contributed by atoms with van der Waals surface area (Å²) >= 11 is 0. The Morgan fingerprint density at radius 3 is 2.38 bits per heavy atom. The average Bonchev–Trinajstić information content (AvgIpc) is 2.79. The molecule has 0 saturated heterocycles. The molecule has 0 aliphatic heterocycles. The van der Waals surface area contributed by atoms with E-state index in [4.69, 9.17) is 5.73 Å². The van der Waals surface area contributed by atoms with Crippen molar-refractivity contribution in [3.8, 4) is 0 Å². The van der Waals surface area contributed by atoms with E-state index in [2.05, 4.69) is 59.7 Å². The van der Waals surface area contributed by atoms with Gasteiger partial charge in [0.25, 0.3) is 0 Å². The summed E-state index contributed by atoms with van der Waals surface area (Å²) in [4.78, 5) is 16.8. The molecule has 3 atom stereocenters. The number of anilines is 1. The lowest BCUT2D eigenvalue weighted by molar-refractivity contribution is 0.358. The van der Waals surface area contributed by atoms with E-state index in [-0.39, 0.29) is 6.04 Å². The first-order valence-corrected chi connectivity index (χ1v) is 11.5. The minimum atomic E-state index is -0.234. The van der Waals surface area contributed by atoms with Crippen molar-refractivity contribution >= 4 is 18.0 Å². The number of likely N-dealkylation sites (N-methyl/N-ethyl adjacent to an activating group) is 1. The molecule has 0 spiro atoms. The second kappa shape index (κ2) is 14.1. The third-order valence-corrected chi connectivity index (χ3v) is 5.80. The summed E-state index contributed by atoms with van der Waals surface area (Å²) < 4.78 is 0. The van der Waals surface area contributed by atoms with Gasteiger partial charge in [-0.15, -0.1) is 0 Å². The first kappa shape index (κ1) is 25.2. The Morgan fingerprint density at radius 2 is 1.81 bits per heavy atom. The molecular formula is C27H38N4O. The zero-order valence-corrected chi connectivity index (χ0v) is 19.7. The number of hydrogen-bond donors (Lipinski definition) is 2. The number of benzene rings is 2. The van der Waals surface area contributed by atoms with E-state index in [0.29, 0.717) is 11.7 Å². The molecule has 0 heterocycles. The van der Waals surface area contributed by atoms with Crippen LogP contribution in [0.2, 0.25) is 0 Å². The molecule has 5 heteroatoms. The summed E-state index contributed by atoms with van der Waals surface area (Å²) in [5, 5.41) is 3.61. The second-order valence-electron chi connectivity index (χ2n) is 8.70. The van der Waals surface area contributed by atoms with Gasteiger partial charge in [0.15, 0.2) is 0 Å². The molecule has 1 fully saturated rings. The zero-order valence-electron chi connectivity index (χ0n) is 19.7. The van der Waals surface area contributed by atoms with E-state index in [9.17, 15) is 4.79 Å². The fourth-order valence-electron chi connectivity index (χ4n) is 4.13. The number of carbonyl (C=O) groups excluding carboxylic acids is 1. The van der Waals surface area contributed by atoms with Crippen LogP contribution in [-0.2, 0) is 11.2 Å². The highest BCUT2D eigenvalue weighted by Gasteiger charge is 2.18. The number of hydrogen-bond acceptors (Lipinski definition) is 4. The van der Waals surface area contributed by atoms with Gasteiger partial charge in [-0.1, -0.05) is 68.3 Å². The molecule has 32 heavy (non-hydrogen) atoms. The monoisotopic (exact) mass is 434 g/mol. The molecule has 172 valence electrons. The van der Waals surface area contributed by atoms with Gasteiger partial charge >= 0.3 is 0 Å². The number of aliphatic imine (C=N–C) groups is 1. The molecule has 5 nitrogen and oxygen atoms in total. The molecule has 3 N–H and O–H groups in total. The third-order valence-electron chi connectivity index (χ3n) is 5.80. The Morgan fingerprint density at radius 1 is 1.16 bits per heavy atom. The molecule has 3 rings (SSSR count). The maximum atomic E-state index is 11.0. The molecule has 2 aromatic carbocycles. The molecule has 1 saturated carbocycles. The SMILES string of the molecule is CC1CCCC(Nc2ccccc2)C1.CN(C)C(=C=O)C(CCc1ccccc1)N=CN. The number of nitrogens with two attached hydrogens (primary N) is 1. The van der Waals surface area contributed by atoms with Crippen LogP contribution < -0.4 is 11.1 Å². The van der Waals surface area contributed by atoms with Gasteiger partial charge in [-0.05, 0) is 49.3 Å². The van der Waals surface area contributed by atoms with Crippen molar-refractivity contribution in [2.75, 3.05) is 19.4 Å².